The van der Waals surface area contributed by atoms with Crippen LogP contribution in [0, 0.1) is 10.1 Å². The van der Waals surface area contributed by atoms with Crippen molar-refractivity contribution in [3.63, 3.8) is 0 Å². The van der Waals surface area contributed by atoms with Gasteiger partial charge in [-0.2, -0.15) is 0 Å². The molecular weight excluding hydrogens is 328 g/mol. The van der Waals surface area contributed by atoms with Gasteiger partial charge in [0.25, 0.3) is 5.09 Å². The fourth-order valence-electron chi connectivity index (χ4n) is 2.10. The standard InChI is InChI=1S/C13H16N2O7S/c1-20-10-4-2-3-8(11(10)21-5-6-22-15(18)19)12-14-9(7-23-12)13(16)17/h2-4,9,12,14H,5-7H2,1H3,(H,16,17). The SMILES string of the molecule is COc1cccc(C2NC(C(=O)O)CS2)c1OCCO[N+](=O)[O-]. The van der Waals surface area contributed by atoms with Crippen LogP contribution in [0.3, 0.4) is 0 Å². The van der Waals surface area contributed by atoms with E-state index >= 15 is 0 Å². The average Bonchev–Trinajstić information content (AvgIpc) is 3.01. The number of carboxylic acids is 1. The van der Waals surface area contributed by atoms with Crippen LogP contribution in [0.2, 0.25) is 0 Å². The van der Waals surface area contributed by atoms with Gasteiger partial charge in [0.1, 0.15) is 19.3 Å². The molecule has 1 aliphatic rings. The van der Waals surface area contributed by atoms with Crippen molar-refractivity contribution in [2.75, 3.05) is 26.1 Å². The molecule has 0 aliphatic carbocycles. The Morgan fingerprint density at radius 1 is 1.52 bits per heavy atom. The van der Waals surface area contributed by atoms with E-state index < -0.39 is 17.1 Å². The van der Waals surface area contributed by atoms with Gasteiger partial charge < -0.3 is 19.4 Å². The lowest BCUT2D eigenvalue weighted by atomic mass is 10.1. The number of hydrogen-bond acceptors (Lipinski definition) is 8. The van der Waals surface area contributed by atoms with Gasteiger partial charge in [-0.05, 0) is 6.07 Å². The van der Waals surface area contributed by atoms with Crippen LogP contribution in [-0.2, 0) is 9.63 Å². The van der Waals surface area contributed by atoms with Gasteiger partial charge in [-0.1, -0.05) is 12.1 Å². The number of carboxylic acid groups (broad SMARTS) is 1. The van der Waals surface area contributed by atoms with Crippen LogP contribution in [0.25, 0.3) is 0 Å². The summed E-state index contributed by atoms with van der Waals surface area (Å²) in [5.74, 6) is 0.397. The van der Waals surface area contributed by atoms with E-state index in [-0.39, 0.29) is 18.6 Å². The quantitative estimate of drug-likeness (QED) is 0.405. The molecule has 0 bridgehead atoms. The van der Waals surface area contributed by atoms with E-state index in [0.717, 1.165) is 5.56 Å². The predicted molar refractivity (Wildman–Crippen MR) is 81.2 cm³/mol. The van der Waals surface area contributed by atoms with Crippen LogP contribution in [0.15, 0.2) is 18.2 Å². The van der Waals surface area contributed by atoms with Crippen molar-refractivity contribution < 1.29 is 29.3 Å². The van der Waals surface area contributed by atoms with Gasteiger partial charge in [-0.15, -0.1) is 21.9 Å². The van der Waals surface area contributed by atoms with Crippen molar-refractivity contribution in [3.05, 3.63) is 33.9 Å². The first-order chi connectivity index (χ1) is 11.0. The number of aliphatic carboxylic acids is 1. The monoisotopic (exact) mass is 344 g/mol. The molecule has 0 radical (unpaired) electrons. The van der Waals surface area contributed by atoms with Crippen LogP contribution in [-0.4, -0.2) is 48.3 Å². The Labute approximate surface area is 136 Å². The van der Waals surface area contributed by atoms with Crippen LogP contribution < -0.4 is 14.8 Å². The van der Waals surface area contributed by atoms with Gasteiger partial charge in [0.15, 0.2) is 11.5 Å². The van der Waals surface area contributed by atoms with E-state index in [9.17, 15) is 14.9 Å². The summed E-state index contributed by atoms with van der Waals surface area (Å²) < 4.78 is 10.8. The molecule has 2 atom stereocenters. The van der Waals surface area contributed by atoms with E-state index in [4.69, 9.17) is 14.6 Å². The van der Waals surface area contributed by atoms with E-state index in [2.05, 4.69) is 10.2 Å². The highest BCUT2D eigenvalue weighted by molar-refractivity contribution is 7.99. The van der Waals surface area contributed by atoms with Crippen LogP contribution in [0.1, 0.15) is 10.9 Å². The molecule has 0 spiro atoms. The minimum absolute atomic E-state index is 0.0336. The Balaban J connectivity index is 2.12. The second kappa shape index (κ2) is 7.88. The number of thioether (sulfide) groups is 1. The number of hydrogen-bond donors (Lipinski definition) is 2. The number of benzene rings is 1. The van der Waals surface area contributed by atoms with Crippen molar-refractivity contribution in [1.82, 2.24) is 5.32 Å². The molecule has 1 aliphatic heterocycles. The summed E-state index contributed by atoms with van der Waals surface area (Å²) in [5.41, 5.74) is 0.721. The van der Waals surface area contributed by atoms with Crippen molar-refractivity contribution in [2.45, 2.75) is 11.4 Å². The third-order valence-electron chi connectivity index (χ3n) is 3.12. The average molecular weight is 344 g/mol. The third kappa shape index (κ3) is 4.39. The Kier molecular flexibility index (Phi) is 5.88. The lowest BCUT2D eigenvalue weighted by Crippen LogP contribution is -2.33. The van der Waals surface area contributed by atoms with E-state index in [0.29, 0.717) is 17.3 Å². The largest absolute Gasteiger partial charge is 0.493 e. The van der Waals surface area contributed by atoms with Crippen molar-refractivity contribution in [2.24, 2.45) is 0 Å². The molecule has 0 amide bonds. The molecule has 2 unspecified atom stereocenters. The summed E-state index contributed by atoms with van der Waals surface area (Å²) >= 11 is 1.44. The van der Waals surface area contributed by atoms with Gasteiger partial charge in [0, 0.05) is 11.3 Å². The first-order valence-corrected chi connectivity index (χ1v) is 7.75. The maximum absolute atomic E-state index is 11.0. The highest BCUT2D eigenvalue weighted by Crippen LogP contribution is 2.42. The number of carbonyl (C=O) groups is 1. The summed E-state index contributed by atoms with van der Waals surface area (Å²) in [6, 6.07) is 4.62. The van der Waals surface area contributed by atoms with Gasteiger partial charge in [0.05, 0.1) is 12.5 Å². The molecule has 1 aromatic carbocycles. The molecule has 2 rings (SSSR count). The third-order valence-corrected chi connectivity index (χ3v) is 4.37. The van der Waals surface area contributed by atoms with Crippen molar-refractivity contribution in [3.8, 4) is 11.5 Å². The molecule has 126 valence electrons. The van der Waals surface area contributed by atoms with Crippen LogP contribution in [0.4, 0.5) is 0 Å². The smallest absolute Gasteiger partial charge is 0.321 e. The van der Waals surface area contributed by atoms with E-state index in [1.54, 1.807) is 18.2 Å². The maximum atomic E-state index is 11.0. The predicted octanol–water partition coefficient (Wildman–Crippen LogP) is 1.07. The molecule has 9 nitrogen and oxygen atoms in total. The number of methoxy groups -OCH3 is 1. The topological polar surface area (TPSA) is 120 Å². The molecule has 1 saturated heterocycles. The molecule has 1 aromatic rings. The summed E-state index contributed by atoms with van der Waals surface area (Å²) in [6.45, 7) is -0.248. The zero-order chi connectivity index (χ0) is 16.8. The van der Waals surface area contributed by atoms with Gasteiger partial charge >= 0.3 is 5.97 Å². The van der Waals surface area contributed by atoms with Gasteiger partial charge in [-0.25, -0.2) is 0 Å². The molecule has 1 fully saturated rings. The number of nitrogens with zero attached hydrogens (tertiary/aromatic N) is 1. The van der Waals surface area contributed by atoms with Gasteiger partial charge in [0.2, 0.25) is 0 Å². The molecule has 2 N–H and O–H groups in total. The van der Waals surface area contributed by atoms with E-state index in [1.165, 1.54) is 18.9 Å². The first kappa shape index (κ1) is 17.2. The first-order valence-electron chi connectivity index (χ1n) is 6.70. The minimum Gasteiger partial charge on any atom is -0.493 e. The normalized spacial score (nSPS) is 20.0. The van der Waals surface area contributed by atoms with Crippen molar-refractivity contribution in [1.29, 1.82) is 0 Å². The van der Waals surface area contributed by atoms with Crippen LogP contribution >= 0.6 is 11.8 Å². The lowest BCUT2D eigenvalue weighted by molar-refractivity contribution is -0.757. The Morgan fingerprint density at radius 3 is 2.91 bits per heavy atom. The summed E-state index contributed by atoms with van der Waals surface area (Å²) in [4.78, 5) is 25.4. The second-order valence-electron chi connectivity index (χ2n) is 4.55. The fourth-order valence-corrected chi connectivity index (χ4v) is 3.35. The van der Waals surface area contributed by atoms with E-state index in [1.807, 2.05) is 0 Å². The molecular formula is C13H16N2O7S. The number of para-hydroxylation sites is 1. The molecule has 23 heavy (non-hydrogen) atoms. The maximum Gasteiger partial charge on any atom is 0.321 e. The van der Waals surface area contributed by atoms with Gasteiger partial charge in [-0.3, -0.25) is 10.1 Å². The Hall–Kier alpha value is -2.20. The fraction of sp³-hybridized carbons (Fsp3) is 0.462. The Morgan fingerprint density at radius 2 is 2.30 bits per heavy atom. The highest BCUT2D eigenvalue weighted by Gasteiger charge is 2.32. The number of ether oxygens (including phenoxy) is 2. The summed E-state index contributed by atoms with van der Waals surface area (Å²) in [5, 5.41) is 21.0. The lowest BCUT2D eigenvalue weighted by Gasteiger charge is -2.19. The second-order valence-corrected chi connectivity index (χ2v) is 5.69. The molecule has 0 saturated carbocycles. The zero-order valence-corrected chi connectivity index (χ0v) is 13.1. The Bertz CT molecular complexity index is 583. The summed E-state index contributed by atoms with van der Waals surface area (Å²) in [7, 11) is 1.48. The molecule has 10 heteroatoms. The molecule has 1 heterocycles. The summed E-state index contributed by atoms with van der Waals surface area (Å²) in [6.07, 6.45) is 0. The molecule has 0 aromatic heterocycles. The highest BCUT2D eigenvalue weighted by atomic mass is 32.2. The number of nitrogens with one attached hydrogen (secondary N) is 1. The zero-order valence-electron chi connectivity index (χ0n) is 12.3. The van der Waals surface area contributed by atoms with Crippen LogP contribution in [0.5, 0.6) is 11.5 Å². The number of rotatable bonds is 8. The van der Waals surface area contributed by atoms with Crippen molar-refractivity contribution >= 4 is 17.7 Å². The minimum atomic E-state index is -0.912.